The highest BCUT2D eigenvalue weighted by atomic mass is 35.5. The van der Waals surface area contributed by atoms with E-state index in [1.54, 1.807) is 24.3 Å². The van der Waals surface area contributed by atoms with Crippen molar-refractivity contribution in [2.75, 3.05) is 13.2 Å². The molecule has 0 atom stereocenters. The van der Waals surface area contributed by atoms with E-state index < -0.39 is 0 Å². The zero-order chi connectivity index (χ0) is 18.6. The minimum atomic E-state index is -0.215. The van der Waals surface area contributed by atoms with Crippen molar-refractivity contribution in [3.63, 3.8) is 0 Å². The molecule has 0 saturated carbocycles. The van der Waals surface area contributed by atoms with Crippen LogP contribution in [0.1, 0.15) is 22.3 Å². The van der Waals surface area contributed by atoms with Gasteiger partial charge < -0.3 is 14.8 Å². The van der Waals surface area contributed by atoms with Crippen molar-refractivity contribution >= 4 is 17.5 Å². The monoisotopic (exact) mass is 385 g/mol. The van der Waals surface area contributed by atoms with E-state index in [1.807, 2.05) is 12.1 Å². The fourth-order valence-electron chi connectivity index (χ4n) is 2.74. The van der Waals surface area contributed by atoms with Gasteiger partial charge in [0.05, 0.1) is 23.9 Å². The normalized spacial score (nSPS) is 13.1. The van der Waals surface area contributed by atoms with E-state index in [4.69, 9.17) is 21.1 Å². The Balaban J connectivity index is 1.48. The highest BCUT2D eigenvalue weighted by molar-refractivity contribution is 6.32. The molecule has 0 unspecified atom stereocenters. The second kappa shape index (κ2) is 7.63. The summed E-state index contributed by atoms with van der Waals surface area (Å²) in [6.45, 7) is 1.45. The number of nitrogens with zero attached hydrogens (tertiary/aromatic N) is 4. The molecule has 0 radical (unpaired) electrons. The predicted molar refractivity (Wildman–Crippen MR) is 97.4 cm³/mol. The summed E-state index contributed by atoms with van der Waals surface area (Å²) in [6.07, 6.45) is 2.27. The molecule has 1 aromatic heterocycles. The number of tetrazole rings is 1. The van der Waals surface area contributed by atoms with Crippen molar-refractivity contribution in [3.8, 4) is 17.2 Å². The van der Waals surface area contributed by atoms with Crippen LogP contribution in [0.15, 0.2) is 42.7 Å². The summed E-state index contributed by atoms with van der Waals surface area (Å²) in [5, 5.41) is 14.4. The molecule has 1 aliphatic heterocycles. The smallest absolute Gasteiger partial charge is 0.251 e. The SMILES string of the molecule is O=C(NCc1cc(Cl)c2c(c1)OCCCO2)c1cccc(-n2cnnn2)c1. The van der Waals surface area contributed by atoms with Crippen LogP contribution in [0.2, 0.25) is 5.02 Å². The van der Waals surface area contributed by atoms with Gasteiger partial charge >= 0.3 is 0 Å². The van der Waals surface area contributed by atoms with Crippen molar-refractivity contribution in [1.29, 1.82) is 0 Å². The largest absolute Gasteiger partial charge is 0.489 e. The first-order valence-corrected chi connectivity index (χ1v) is 8.78. The third-order valence-corrected chi connectivity index (χ3v) is 4.32. The number of carbonyl (C=O) groups excluding carboxylic acids is 1. The molecule has 0 saturated heterocycles. The minimum absolute atomic E-state index is 0.215. The number of fused-ring (bicyclic) bond motifs is 1. The van der Waals surface area contributed by atoms with Gasteiger partial charge in [-0.2, -0.15) is 0 Å². The lowest BCUT2D eigenvalue weighted by Crippen LogP contribution is -2.23. The molecule has 1 N–H and O–H groups in total. The van der Waals surface area contributed by atoms with E-state index >= 15 is 0 Å². The first kappa shape index (κ1) is 17.3. The van der Waals surface area contributed by atoms with Crippen LogP contribution in [0.3, 0.4) is 0 Å². The van der Waals surface area contributed by atoms with Gasteiger partial charge in [-0.25, -0.2) is 4.68 Å². The van der Waals surface area contributed by atoms with Gasteiger partial charge in [-0.05, 0) is 46.3 Å². The number of hydrogen-bond donors (Lipinski definition) is 1. The molecular formula is C18H16ClN5O3. The molecule has 1 aliphatic rings. The number of nitrogens with one attached hydrogen (secondary N) is 1. The number of halogens is 1. The van der Waals surface area contributed by atoms with Crippen LogP contribution in [-0.2, 0) is 6.54 Å². The minimum Gasteiger partial charge on any atom is -0.489 e. The molecule has 2 heterocycles. The summed E-state index contributed by atoms with van der Waals surface area (Å²) >= 11 is 6.29. The first-order chi connectivity index (χ1) is 13.2. The van der Waals surface area contributed by atoms with Crippen molar-refractivity contribution in [1.82, 2.24) is 25.5 Å². The van der Waals surface area contributed by atoms with E-state index in [0.717, 1.165) is 12.0 Å². The maximum Gasteiger partial charge on any atom is 0.251 e. The molecule has 4 rings (SSSR count). The Morgan fingerprint density at radius 3 is 2.96 bits per heavy atom. The molecule has 0 bridgehead atoms. The maximum atomic E-state index is 12.5. The lowest BCUT2D eigenvalue weighted by Gasteiger charge is -2.12. The average molecular weight is 386 g/mol. The molecule has 2 aromatic carbocycles. The average Bonchev–Trinajstić information content (AvgIpc) is 3.12. The quantitative estimate of drug-likeness (QED) is 0.741. The summed E-state index contributed by atoms with van der Waals surface area (Å²) < 4.78 is 12.8. The van der Waals surface area contributed by atoms with E-state index in [2.05, 4.69) is 20.8 Å². The number of aromatic nitrogens is 4. The number of carbonyl (C=O) groups is 1. The third-order valence-electron chi connectivity index (χ3n) is 4.04. The van der Waals surface area contributed by atoms with Crippen LogP contribution in [0.5, 0.6) is 11.5 Å². The van der Waals surface area contributed by atoms with Gasteiger partial charge in [0.1, 0.15) is 6.33 Å². The van der Waals surface area contributed by atoms with Crippen molar-refractivity contribution in [3.05, 3.63) is 58.9 Å². The van der Waals surface area contributed by atoms with Crippen molar-refractivity contribution < 1.29 is 14.3 Å². The maximum absolute atomic E-state index is 12.5. The molecular weight excluding hydrogens is 370 g/mol. The van der Waals surface area contributed by atoms with Gasteiger partial charge in [-0.1, -0.05) is 17.7 Å². The third kappa shape index (κ3) is 3.85. The molecule has 138 valence electrons. The summed E-state index contributed by atoms with van der Waals surface area (Å²) in [4.78, 5) is 12.5. The summed E-state index contributed by atoms with van der Waals surface area (Å²) in [6, 6.07) is 10.6. The van der Waals surface area contributed by atoms with Crippen LogP contribution in [0, 0.1) is 0 Å². The van der Waals surface area contributed by atoms with Crippen LogP contribution in [0.25, 0.3) is 5.69 Å². The van der Waals surface area contributed by atoms with Gasteiger partial charge in [-0.15, -0.1) is 5.10 Å². The van der Waals surface area contributed by atoms with Gasteiger partial charge in [0, 0.05) is 18.5 Å². The molecule has 0 aliphatic carbocycles. The number of rotatable bonds is 4. The summed E-state index contributed by atoms with van der Waals surface area (Å²) in [5.41, 5.74) is 2.03. The van der Waals surface area contributed by atoms with Crippen LogP contribution >= 0.6 is 11.6 Å². The number of ether oxygens (including phenoxy) is 2. The van der Waals surface area contributed by atoms with Gasteiger partial charge in [0.25, 0.3) is 5.91 Å². The topological polar surface area (TPSA) is 91.2 Å². The zero-order valence-electron chi connectivity index (χ0n) is 14.3. The Kier molecular flexibility index (Phi) is 4.88. The second-order valence-corrected chi connectivity index (χ2v) is 6.35. The predicted octanol–water partition coefficient (Wildman–Crippen LogP) is 2.41. The number of benzene rings is 2. The van der Waals surface area contributed by atoms with E-state index in [9.17, 15) is 4.79 Å². The highest BCUT2D eigenvalue weighted by Gasteiger charge is 2.16. The van der Waals surface area contributed by atoms with Crippen LogP contribution < -0.4 is 14.8 Å². The summed E-state index contributed by atoms with van der Waals surface area (Å²) in [7, 11) is 0. The number of hydrogen-bond acceptors (Lipinski definition) is 6. The molecule has 3 aromatic rings. The fourth-order valence-corrected chi connectivity index (χ4v) is 3.03. The molecule has 8 nitrogen and oxygen atoms in total. The Morgan fingerprint density at radius 2 is 2.11 bits per heavy atom. The van der Waals surface area contributed by atoms with E-state index in [0.29, 0.717) is 47.5 Å². The molecule has 9 heteroatoms. The van der Waals surface area contributed by atoms with E-state index in [1.165, 1.54) is 11.0 Å². The van der Waals surface area contributed by atoms with Crippen molar-refractivity contribution in [2.24, 2.45) is 0 Å². The Labute approximate surface area is 160 Å². The zero-order valence-corrected chi connectivity index (χ0v) is 15.0. The van der Waals surface area contributed by atoms with Gasteiger partial charge in [0.2, 0.25) is 0 Å². The molecule has 0 fully saturated rings. The van der Waals surface area contributed by atoms with Crippen LogP contribution in [-0.4, -0.2) is 39.3 Å². The molecule has 27 heavy (non-hydrogen) atoms. The molecule has 1 amide bonds. The standard InChI is InChI=1S/C18H16ClN5O3/c19-15-7-12(8-16-17(15)27-6-2-5-26-16)10-20-18(25)13-3-1-4-14(9-13)24-11-21-22-23-24/h1,3-4,7-9,11H,2,5-6,10H2,(H,20,25). The fraction of sp³-hybridized carbons (Fsp3) is 0.222. The Bertz CT molecular complexity index is 962. The van der Waals surface area contributed by atoms with E-state index in [-0.39, 0.29) is 5.91 Å². The van der Waals surface area contributed by atoms with Gasteiger partial charge in [0.15, 0.2) is 11.5 Å². The Hall–Kier alpha value is -3.13. The summed E-state index contributed by atoms with van der Waals surface area (Å²) in [5.74, 6) is 0.941. The molecule has 0 spiro atoms. The van der Waals surface area contributed by atoms with Crippen LogP contribution in [0.4, 0.5) is 0 Å². The second-order valence-electron chi connectivity index (χ2n) is 5.94. The Morgan fingerprint density at radius 1 is 1.22 bits per heavy atom. The van der Waals surface area contributed by atoms with Crippen molar-refractivity contribution in [2.45, 2.75) is 13.0 Å². The highest BCUT2D eigenvalue weighted by Crippen LogP contribution is 2.37. The number of amides is 1. The van der Waals surface area contributed by atoms with Gasteiger partial charge in [-0.3, -0.25) is 4.79 Å². The lowest BCUT2D eigenvalue weighted by atomic mass is 10.1. The lowest BCUT2D eigenvalue weighted by molar-refractivity contribution is 0.0951. The first-order valence-electron chi connectivity index (χ1n) is 8.40.